The maximum atomic E-state index is 15.0. The number of halogens is 2. The van der Waals surface area contributed by atoms with Crippen LogP contribution in [0.5, 0.6) is 0 Å². The van der Waals surface area contributed by atoms with Crippen molar-refractivity contribution in [3.05, 3.63) is 90.0 Å². The van der Waals surface area contributed by atoms with Gasteiger partial charge in [-0.1, -0.05) is 82.1 Å². The molecule has 5 rings (SSSR count). The molecule has 44 heavy (non-hydrogen) atoms. The number of anilines is 1. The molecule has 2 aromatic carbocycles. The van der Waals surface area contributed by atoms with Crippen LogP contribution in [0, 0.1) is 18.8 Å². The summed E-state index contributed by atoms with van der Waals surface area (Å²) in [6.07, 6.45) is 5.39. The number of hydrogen-bond acceptors (Lipinski definition) is 6. The smallest absolute Gasteiger partial charge is 0.312 e. The van der Waals surface area contributed by atoms with Crippen molar-refractivity contribution in [2.45, 2.75) is 61.2 Å². The number of allylic oxidation sites excluding steroid dienone is 1. The summed E-state index contributed by atoms with van der Waals surface area (Å²) in [5.41, 5.74) is 0.598. The molecule has 0 aromatic heterocycles. The molecule has 3 aliphatic rings. The van der Waals surface area contributed by atoms with Crippen LogP contribution in [-0.2, 0) is 23.9 Å². The van der Waals surface area contributed by atoms with Crippen LogP contribution in [0.25, 0.3) is 0 Å². The second-order valence-corrected chi connectivity index (χ2v) is 13.2. The Bertz CT molecular complexity index is 1400. The van der Waals surface area contributed by atoms with Crippen LogP contribution >= 0.6 is 27.5 Å². The molecule has 3 aliphatic heterocycles. The number of para-hydroxylation sites is 1. The van der Waals surface area contributed by atoms with E-state index in [1.54, 1.807) is 18.2 Å². The predicted molar refractivity (Wildman–Crippen MR) is 173 cm³/mol. The summed E-state index contributed by atoms with van der Waals surface area (Å²) in [6, 6.07) is 12.4. The van der Waals surface area contributed by atoms with E-state index in [0.29, 0.717) is 29.1 Å². The zero-order chi connectivity index (χ0) is 31.6. The molecular weight excluding hydrogens is 648 g/mol. The Morgan fingerprint density at radius 1 is 1.20 bits per heavy atom. The van der Waals surface area contributed by atoms with E-state index in [4.69, 9.17) is 21.1 Å². The Balaban J connectivity index is 1.60. The van der Waals surface area contributed by atoms with E-state index in [9.17, 15) is 19.5 Å². The Labute approximate surface area is 271 Å². The maximum absolute atomic E-state index is 15.0. The average Bonchev–Trinajstić information content (AvgIpc) is 3.60. The second-order valence-electron chi connectivity index (χ2n) is 11.6. The topological polar surface area (TPSA) is 96.4 Å². The van der Waals surface area contributed by atoms with E-state index in [1.807, 2.05) is 49.4 Å². The lowest BCUT2D eigenvalue weighted by Gasteiger charge is -2.40. The molecule has 2 aromatic rings. The SMILES string of the molecule is C=CCCCCOC(=O)[C@H]1[C@@H]2OC3(CC2Br)C(C(=O)N(CC=C)c2c(C)cccc2Cl)N([C@H](CO)c2ccccc2)C(=O)[C@H]13. The van der Waals surface area contributed by atoms with Crippen LogP contribution in [0.2, 0.25) is 5.02 Å². The molecule has 0 saturated carbocycles. The highest BCUT2D eigenvalue weighted by molar-refractivity contribution is 9.09. The summed E-state index contributed by atoms with van der Waals surface area (Å²) in [6.45, 7) is 9.35. The minimum Gasteiger partial charge on any atom is -0.465 e. The number of nitrogens with zero attached hydrogens (tertiary/aromatic N) is 2. The summed E-state index contributed by atoms with van der Waals surface area (Å²) in [7, 11) is 0. The molecule has 3 saturated heterocycles. The van der Waals surface area contributed by atoms with Crippen LogP contribution in [0.1, 0.15) is 42.9 Å². The lowest BCUT2D eigenvalue weighted by atomic mass is 9.70. The molecule has 234 valence electrons. The van der Waals surface area contributed by atoms with Crippen molar-refractivity contribution >= 4 is 51.0 Å². The van der Waals surface area contributed by atoms with Gasteiger partial charge in [0.25, 0.3) is 5.91 Å². The summed E-state index contributed by atoms with van der Waals surface area (Å²) in [5, 5.41) is 11.1. The number of benzene rings is 2. The van der Waals surface area contributed by atoms with Crippen LogP contribution in [0.15, 0.2) is 73.8 Å². The van der Waals surface area contributed by atoms with Gasteiger partial charge in [-0.25, -0.2) is 0 Å². The lowest BCUT2D eigenvalue weighted by molar-refractivity contribution is -0.155. The van der Waals surface area contributed by atoms with Crippen molar-refractivity contribution in [1.29, 1.82) is 0 Å². The van der Waals surface area contributed by atoms with Crippen molar-refractivity contribution in [2.24, 2.45) is 11.8 Å². The van der Waals surface area contributed by atoms with Gasteiger partial charge < -0.3 is 24.4 Å². The van der Waals surface area contributed by atoms with Crippen molar-refractivity contribution in [2.75, 3.05) is 24.7 Å². The average molecular weight is 686 g/mol. The fourth-order valence-electron chi connectivity index (χ4n) is 7.17. The fraction of sp³-hybridized carbons (Fsp3) is 0.441. The molecule has 3 unspecified atom stereocenters. The number of rotatable bonds is 13. The van der Waals surface area contributed by atoms with Gasteiger partial charge in [0.1, 0.15) is 11.6 Å². The van der Waals surface area contributed by atoms with Gasteiger partial charge in [0, 0.05) is 11.4 Å². The van der Waals surface area contributed by atoms with Crippen LogP contribution in [-0.4, -0.2) is 70.1 Å². The molecule has 0 aliphatic carbocycles. The van der Waals surface area contributed by atoms with Gasteiger partial charge >= 0.3 is 5.97 Å². The monoisotopic (exact) mass is 684 g/mol. The normalized spacial score (nSPS) is 27.6. The summed E-state index contributed by atoms with van der Waals surface area (Å²) in [5.74, 6) is -3.24. The van der Waals surface area contributed by atoms with Gasteiger partial charge in [-0.2, -0.15) is 0 Å². The number of hydrogen-bond donors (Lipinski definition) is 1. The van der Waals surface area contributed by atoms with E-state index < -0.39 is 60.0 Å². The number of ether oxygens (including phenoxy) is 2. The zero-order valence-corrected chi connectivity index (χ0v) is 27.1. The molecule has 8 nitrogen and oxygen atoms in total. The standard InChI is InChI=1S/C34H38BrClN2O6/c1-4-6-7-11-18-43-33(42)26-27-31(40)38(25(20-39)22-14-9-8-10-15-22)30(34(27)19-23(35)29(26)44-34)32(41)37(17-5-2)28-21(3)13-12-16-24(28)36/h4-5,8-10,12-16,23,25-27,29-30,39H,1-2,6-7,11,17-20H2,3H3/t23?,25-,26-,27+,29-,30?,34?/m1/s1. The van der Waals surface area contributed by atoms with Crippen LogP contribution in [0.3, 0.4) is 0 Å². The fourth-order valence-corrected chi connectivity index (χ4v) is 8.44. The first-order valence-corrected chi connectivity index (χ1v) is 16.3. The van der Waals surface area contributed by atoms with Gasteiger partial charge in [-0.15, -0.1) is 13.2 Å². The summed E-state index contributed by atoms with van der Waals surface area (Å²) < 4.78 is 12.3. The van der Waals surface area contributed by atoms with E-state index in [0.717, 1.165) is 18.4 Å². The van der Waals surface area contributed by atoms with E-state index >= 15 is 0 Å². The number of aryl methyl sites for hydroxylation is 1. The molecule has 3 fully saturated rings. The van der Waals surface area contributed by atoms with Crippen molar-refractivity contribution < 1.29 is 29.0 Å². The number of carbonyl (C=O) groups is 3. The summed E-state index contributed by atoms with van der Waals surface area (Å²) >= 11 is 10.4. The second kappa shape index (κ2) is 13.6. The summed E-state index contributed by atoms with van der Waals surface area (Å²) in [4.78, 5) is 45.9. The van der Waals surface area contributed by atoms with Crippen molar-refractivity contribution in [3.8, 4) is 0 Å². The largest absolute Gasteiger partial charge is 0.465 e. The maximum Gasteiger partial charge on any atom is 0.312 e. The molecular formula is C34H38BrClN2O6. The Morgan fingerprint density at radius 3 is 2.61 bits per heavy atom. The Morgan fingerprint density at radius 2 is 1.95 bits per heavy atom. The Kier molecular flexibility index (Phi) is 9.99. The number of likely N-dealkylation sites (tertiary alicyclic amines) is 1. The third-order valence-corrected chi connectivity index (χ3v) is 10.2. The quantitative estimate of drug-likeness (QED) is 0.129. The Hall–Kier alpha value is -2.98. The molecule has 1 spiro atoms. The highest BCUT2D eigenvalue weighted by Crippen LogP contribution is 2.61. The number of esters is 1. The van der Waals surface area contributed by atoms with Gasteiger partial charge in [-0.05, 0) is 49.8 Å². The van der Waals surface area contributed by atoms with Crippen LogP contribution in [0.4, 0.5) is 5.69 Å². The number of amides is 2. The number of aliphatic hydroxyl groups is 1. The zero-order valence-electron chi connectivity index (χ0n) is 24.7. The number of aliphatic hydroxyl groups excluding tert-OH is 1. The lowest BCUT2D eigenvalue weighted by Crippen LogP contribution is -2.57. The number of carbonyl (C=O) groups excluding carboxylic acids is 3. The van der Waals surface area contributed by atoms with Crippen LogP contribution < -0.4 is 4.90 Å². The van der Waals surface area contributed by atoms with Gasteiger partial charge in [-0.3, -0.25) is 14.4 Å². The van der Waals surface area contributed by atoms with Gasteiger partial charge in [0.2, 0.25) is 5.91 Å². The van der Waals surface area contributed by atoms with E-state index in [-0.39, 0.29) is 18.0 Å². The first-order valence-electron chi connectivity index (χ1n) is 15.0. The minimum atomic E-state index is -1.34. The number of alkyl halides is 1. The first kappa shape index (κ1) is 32.4. The highest BCUT2D eigenvalue weighted by Gasteiger charge is 2.77. The van der Waals surface area contributed by atoms with Gasteiger partial charge in [0.15, 0.2) is 0 Å². The van der Waals surface area contributed by atoms with Gasteiger partial charge in [0.05, 0.1) is 47.9 Å². The predicted octanol–water partition coefficient (Wildman–Crippen LogP) is 5.55. The molecule has 10 heteroatoms. The molecule has 2 amide bonds. The van der Waals surface area contributed by atoms with Crippen molar-refractivity contribution in [3.63, 3.8) is 0 Å². The minimum absolute atomic E-state index is 0.120. The number of unbranched alkanes of at least 4 members (excludes halogenated alkanes) is 2. The third kappa shape index (κ3) is 5.53. The first-order chi connectivity index (χ1) is 21.2. The molecule has 2 bridgehead atoms. The van der Waals surface area contributed by atoms with Crippen molar-refractivity contribution in [1.82, 2.24) is 4.90 Å². The molecule has 3 heterocycles. The molecule has 0 radical (unpaired) electrons. The number of fused-ring (bicyclic) bond motifs is 1. The molecule has 1 N–H and O–H groups in total. The molecule has 7 atom stereocenters. The van der Waals surface area contributed by atoms with E-state index in [1.165, 1.54) is 9.80 Å². The highest BCUT2D eigenvalue weighted by atomic mass is 79.9. The third-order valence-electron chi connectivity index (χ3n) is 9.01. The van der Waals surface area contributed by atoms with E-state index in [2.05, 4.69) is 29.1 Å².